The Morgan fingerprint density at radius 1 is 1.00 bits per heavy atom. The van der Waals surface area contributed by atoms with Crippen LogP contribution in [0.15, 0.2) is 36.4 Å². The van der Waals surface area contributed by atoms with E-state index in [9.17, 15) is 13.2 Å². The maximum absolute atomic E-state index is 12.1. The van der Waals surface area contributed by atoms with Crippen molar-refractivity contribution in [3.05, 3.63) is 47.5 Å². The summed E-state index contributed by atoms with van der Waals surface area (Å²) in [7, 11) is 0. The van der Waals surface area contributed by atoms with Crippen LogP contribution in [0.1, 0.15) is 36.5 Å². The predicted molar refractivity (Wildman–Crippen MR) is 79.4 cm³/mol. The molecule has 1 heterocycles. The van der Waals surface area contributed by atoms with Gasteiger partial charge in [0.1, 0.15) is 0 Å². The van der Waals surface area contributed by atoms with E-state index in [0.29, 0.717) is 5.56 Å². The highest BCUT2D eigenvalue weighted by molar-refractivity contribution is 5.84. The lowest BCUT2D eigenvalue weighted by Crippen LogP contribution is -2.11. The van der Waals surface area contributed by atoms with Crippen molar-refractivity contribution in [1.29, 1.82) is 0 Å². The van der Waals surface area contributed by atoms with E-state index >= 15 is 0 Å². The quantitative estimate of drug-likeness (QED) is 0.674. The summed E-state index contributed by atoms with van der Waals surface area (Å²) >= 11 is 0. The topological polar surface area (TPSA) is 9.23 Å². The average molecular weight is 304 g/mol. The Hall–Kier alpha value is -1.99. The van der Waals surface area contributed by atoms with Crippen LogP contribution in [0.25, 0.3) is 10.8 Å². The lowest BCUT2D eigenvalue weighted by Gasteiger charge is -2.23. The molecule has 114 valence electrons. The Bertz CT molecular complexity index is 731. The van der Waals surface area contributed by atoms with Crippen LogP contribution >= 0.6 is 0 Å². The Morgan fingerprint density at radius 2 is 1.77 bits per heavy atom. The minimum atomic E-state index is -4.46. The van der Waals surface area contributed by atoms with E-state index in [1.54, 1.807) is 12.1 Å². The standard InChI is InChI=1S/C18H15F3O/c19-18(20,21)9-8-13-4-5-15-12-16(7-6-14(15)11-13)17-3-1-2-10-22-17/h4-7,11-12,17H,1-3,10H2. The van der Waals surface area contributed by atoms with Crippen LogP contribution in [-0.4, -0.2) is 12.8 Å². The van der Waals surface area contributed by atoms with Gasteiger partial charge in [-0.2, -0.15) is 13.2 Å². The van der Waals surface area contributed by atoms with Gasteiger partial charge < -0.3 is 4.74 Å². The molecule has 0 radical (unpaired) electrons. The Labute approximate surface area is 127 Å². The second-order valence-electron chi connectivity index (χ2n) is 5.42. The number of hydrogen-bond acceptors (Lipinski definition) is 1. The van der Waals surface area contributed by atoms with Crippen molar-refractivity contribution in [3.8, 4) is 11.8 Å². The first kappa shape index (κ1) is 14.9. The monoisotopic (exact) mass is 304 g/mol. The third-order valence-corrected chi connectivity index (χ3v) is 3.76. The second-order valence-corrected chi connectivity index (χ2v) is 5.42. The summed E-state index contributed by atoms with van der Waals surface area (Å²) in [4.78, 5) is 0. The molecule has 0 bridgehead atoms. The van der Waals surface area contributed by atoms with E-state index < -0.39 is 6.18 Å². The van der Waals surface area contributed by atoms with Crippen LogP contribution in [0.4, 0.5) is 13.2 Å². The number of fused-ring (bicyclic) bond motifs is 1. The Morgan fingerprint density at radius 3 is 2.50 bits per heavy atom. The van der Waals surface area contributed by atoms with Gasteiger partial charge in [0, 0.05) is 18.1 Å². The molecule has 1 fully saturated rings. The van der Waals surface area contributed by atoms with Crippen molar-refractivity contribution in [1.82, 2.24) is 0 Å². The molecule has 2 aromatic rings. The van der Waals surface area contributed by atoms with Gasteiger partial charge in [-0.1, -0.05) is 24.1 Å². The molecule has 1 nitrogen and oxygen atoms in total. The predicted octanol–water partition coefficient (Wildman–Crippen LogP) is 5.00. The molecule has 1 atom stereocenters. The lowest BCUT2D eigenvalue weighted by atomic mass is 9.98. The summed E-state index contributed by atoms with van der Waals surface area (Å²) in [5.74, 6) is 3.45. The maximum Gasteiger partial charge on any atom is 0.458 e. The SMILES string of the molecule is FC(F)(F)C#Cc1ccc2cc(C3CCCCO3)ccc2c1. The molecule has 4 heteroatoms. The molecule has 3 rings (SSSR count). The summed E-state index contributed by atoms with van der Waals surface area (Å²) in [6.45, 7) is 0.786. The first-order valence-electron chi connectivity index (χ1n) is 7.26. The molecule has 0 aliphatic carbocycles. The van der Waals surface area contributed by atoms with Crippen molar-refractivity contribution < 1.29 is 17.9 Å². The van der Waals surface area contributed by atoms with Gasteiger partial charge in [-0.25, -0.2) is 0 Å². The van der Waals surface area contributed by atoms with Gasteiger partial charge in [0.2, 0.25) is 0 Å². The zero-order chi connectivity index (χ0) is 15.6. The summed E-state index contributed by atoms with van der Waals surface area (Å²) in [5, 5.41) is 1.87. The second kappa shape index (κ2) is 6.02. The minimum absolute atomic E-state index is 0.128. The van der Waals surface area contributed by atoms with Crippen molar-refractivity contribution in [2.75, 3.05) is 6.61 Å². The van der Waals surface area contributed by atoms with E-state index in [1.807, 2.05) is 24.3 Å². The van der Waals surface area contributed by atoms with E-state index in [1.165, 1.54) is 5.92 Å². The fraction of sp³-hybridized carbons (Fsp3) is 0.333. The first-order valence-corrected chi connectivity index (χ1v) is 7.26. The molecular formula is C18H15F3O. The number of hydrogen-bond donors (Lipinski definition) is 0. The van der Waals surface area contributed by atoms with E-state index in [2.05, 4.69) is 5.92 Å². The van der Waals surface area contributed by atoms with Crippen LogP contribution in [0.2, 0.25) is 0 Å². The molecule has 0 spiro atoms. The van der Waals surface area contributed by atoms with Gasteiger partial charge in [0.15, 0.2) is 0 Å². The van der Waals surface area contributed by atoms with Gasteiger partial charge in [-0.15, -0.1) is 0 Å². The van der Waals surface area contributed by atoms with Gasteiger partial charge >= 0.3 is 6.18 Å². The highest BCUT2D eigenvalue weighted by atomic mass is 19.4. The van der Waals surface area contributed by atoms with Crippen LogP contribution in [0.3, 0.4) is 0 Å². The minimum Gasteiger partial charge on any atom is -0.374 e. The zero-order valence-electron chi connectivity index (χ0n) is 11.9. The van der Waals surface area contributed by atoms with Gasteiger partial charge in [-0.3, -0.25) is 0 Å². The van der Waals surface area contributed by atoms with Crippen molar-refractivity contribution in [2.24, 2.45) is 0 Å². The molecule has 0 saturated carbocycles. The lowest BCUT2D eigenvalue weighted by molar-refractivity contribution is -0.0696. The van der Waals surface area contributed by atoms with Crippen LogP contribution < -0.4 is 0 Å². The molecular weight excluding hydrogens is 289 g/mol. The fourth-order valence-electron chi connectivity index (χ4n) is 2.69. The Balaban J connectivity index is 1.89. The van der Waals surface area contributed by atoms with Crippen LogP contribution in [-0.2, 0) is 4.74 Å². The van der Waals surface area contributed by atoms with Crippen molar-refractivity contribution >= 4 is 10.8 Å². The zero-order valence-corrected chi connectivity index (χ0v) is 11.9. The molecule has 1 aliphatic rings. The normalized spacial score (nSPS) is 18.8. The summed E-state index contributed by atoms with van der Waals surface area (Å²) in [6, 6.07) is 11.1. The fourth-order valence-corrected chi connectivity index (χ4v) is 2.69. The van der Waals surface area contributed by atoms with E-state index in [-0.39, 0.29) is 6.10 Å². The van der Waals surface area contributed by atoms with Gasteiger partial charge in [0.05, 0.1) is 6.10 Å². The molecule has 0 aromatic heterocycles. The number of halogens is 3. The van der Waals surface area contributed by atoms with E-state index in [4.69, 9.17) is 4.74 Å². The molecule has 1 saturated heterocycles. The number of ether oxygens (including phenoxy) is 1. The van der Waals surface area contributed by atoms with Crippen molar-refractivity contribution in [3.63, 3.8) is 0 Å². The summed E-state index contributed by atoms with van der Waals surface area (Å²) in [5.41, 5.74) is 1.49. The first-order chi connectivity index (χ1) is 10.5. The molecule has 1 aliphatic heterocycles. The van der Waals surface area contributed by atoms with Crippen molar-refractivity contribution in [2.45, 2.75) is 31.5 Å². The van der Waals surface area contributed by atoms with Gasteiger partial charge in [0.25, 0.3) is 0 Å². The highest BCUT2D eigenvalue weighted by Gasteiger charge is 2.22. The number of benzene rings is 2. The molecule has 0 N–H and O–H groups in total. The molecule has 1 unspecified atom stereocenters. The van der Waals surface area contributed by atoms with E-state index in [0.717, 1.165) is 42.2 Å². The molecule has 22 heavy (non-hydrogen) atoms. The smallest absolute Gasteiger partial charge is 0.374 e. The maximum atomic E-state index is 12.1. The Kier molecular flexibility index (Phi) is 4.08. The molecule has 2 aromatic carbocycles. The average Bonchev–Trinajstić information content (AvgIpc) is 2.52. The largest absolute Gasteiger partial charge is 0.458 e. The summed E-state index contributed by atoms with van der Waals surface area (Å²) < 4.78 is 42.1. The third kappa shape index (κ3) is 3.61. The number of alkyl halides is 3. The van der Waals surface area contributed by atoms with Gasteiger partial charge in [-0.05, 0) is 53.8 Å². The third-order valence-electron chi connectivity index (χ3n) is 3.76. The highest BCUT2D eigenvalue weighted by Crippen LogP contribution is 2.30. The summed E-state index contributed by atoms with van der Waals surface area (Å²) in [6.07, 6.45) is -1.06. The molecule has 0 amide bonds. The number of rotatable bonds is 1. The van der Waals surface area contributed by atoms with Crippen LogP contribution in [0, 0.1) is 11.8 Å². The van der Waals surface area contributed by atoms with Crippen LogP contribution in [0.5, 0.6) is 0 Å².